The molecule has 0 aromatic rings. The van der Waals surface area contributed by atoms with Crippen LogP contribution in [0.5, 0.6) is 0 Å². The minimum Gasteiger partial charge on any atom is -0.366 e. The van der Waals surface area contributed by atoms with Crippen molar-refractivity contribution < 1.29 is 4.74 Å². The molecule has 2 rings (SSSR count). The molecule has 0 spiro atoms. The average Bonchev–Trinajstić information content (AvgIpc) is 2.86. The number of rotatable bonds is 0. The molecule has 1 saturated heterocycles. The van der Waals surface area contributed by atoms with Crippen molar-refractivity contribution in [1.82, 2.24) is 0 Å². The van der Waals surface area contributed by atoms with E-state index in [9.17, 15) is 0 Å². The molecular weight excluding hydrogens is 196 g/mol. The summed E-state index contributed by atoms with van der Waals surface area (Å²) in [5.41, 5.74) is 3.26. The van der Waals surface area contributed by atoms with Gasteiger partial charge in [-0.2, -0.15) is 0 Å². The summed E-state index contributed by atoms with van der Waals surface area (Å²) in [6.45, 7) is 6.78. The van der Waals surface area contributed by atoms with Crippen LogP contribution in [0.1, 0.15) is 59.3 Å². The molecule has 1 aliphatic heterocycles. The Bertz CT molecular complexity index is 313. The molecule has 0 radical (unpaired) electrons. The third-order valence-electron chi connectivity index (χ3n) is 4.00. The smallest absolute Gasteiger partial charge is 0.0923 e. The van der Waals surface area contributed by atoms with Crippen LogP contribution >= 0.6 is 0 Å². The van der Waals surface area contributed by atoms with Crippen LogP contribution in [-0.4, -0.2) is 11.7 Å². The molecule has 1 heterocycles. The first-order valence-corrected chi connectivity index (χ1v) is 6.59. The predicted molar refractivity (Wildman–Crippen MR) is 68.5 cm³/mol. The van der Waals surface area contributed by atoms with Gasteiger partial charge in [-0.3, -0.25) is 0 Å². The highest BCUT2D eigenvalue weighted by Crippen LogP contribution is 2.43. The number of fused-ring (bicyclic) bond motifs is 1. The Morgan fingerprint density at radius 1 is 1.12 bits per heavy atom. The summed E-state index contributed by atoms with van der Waals surface area (Å²) in [5.74, 6) is 0. The van der Waals surface area contributed by atoms with E-state index in [0.29, 0.717) is 6.10 Å². The minimum absolute atomic E-state index is 0.191. The molecule has 0 amide bonds. The molecule has 0 N–H and O–H groups in total. The second-order valence-electron chi connectivity index (χ2n) is 5.64. The quantitative estimate of drug-likeness (QED) is 0.435. The van der Waals surface area contributed by atoms with Gasteiger partial charge in [-0.15, -0.1) is 0 Å². The van der Waals surface area contributed by atoms with E-state index in [1.807, 2.05) is 0 Å². The lowest BCUT2D eigenvalue weighted by molar-refractivity contribution is 0.294. The van der Waals surface area contributed by atoms with Crippen molar-refractivity contribution in [2.45, 2.75) is 71.0 Å². The zero-order chi connectivity index (χ0) is 11.6. The van der Waals surface area contributed by atoms with Crippen LogP contribution in [-0.2, 0) is 4.74 Å². The van der Waals surface area contributed by atoms with Gasteiger partial charge in [0.15, 0.2) is 0 Å². The summed E-state index contributed by atoms with van der Waals surface area (Å²) in [4.78, 5) is 0. The second-order valence-corrected chi connectivity index (χ2v) is 5.64. The number of epoxide rings is 1. The highest BCUT2D eigenvalue weighted by molar-refractivity contribution is 5.09. The molecule has 0 saturated carbocycles. The van der Waals surface area contributed by atoms with Gasteiger partial charge in [0, 0.05) is 0 Å². The Balaban J connectivity index is 1.99. The van der Waals surface area contributed by atoms with E-state index < -0.39 is 0 Å². The van der Waals surface area contributed by atoms with Crippen LogP contribution < -0.4 is 0 Å². The van der Waals surface area contributed by atoms with Crippen LogP contribution in [0.4, 0.5) is 0 Å². The summed E-state index contributed by atoms with van der Waals surface area (Å²) in [5, 5.41) is 0. The first kappa shape index (κ1) is 11.9. The maximum atomic E-state index is 5.85. The van der Waals surface area contributed by atoms with Crippen LogP contribution in [0.2, 0.25) is 0 Å². The maximum Gasteiger partial charge on any atom is 0.0923 e. The minimum atomic E-state index is 0.191. The van der Waals surface area contributed by atoms with Gasteiger partial charge in [-0.25, -0.2) is 0 Å². The normalized spacial score (nSPS) is 42.8. The van der Waals surface area contributed by atoms with E-state index in [4.69, 9.17) is 4.74 Å². The van der Waals surface area contributed by atoms with E-state index in [1.165, 1.54) is 49.7 Å². The van der Waals surface area contributed by atoms with Crippen molar-refractivity contribution in [2.75, 3.05) is 0 Å². The fourth-order valence-corrected chi connectivity index (χ4v) is 2.55. The molecule has 1 nitrogen and oxygen atoms in total. The zero-order valence-corrected chi connectivity index (χ0v) is 10.9. The molecule has 90 valence electrons. The van der Waals surface area contributed by atoms with Gasteiger partial charge in [-0.05, 0) is 59.3 Å². The Morgan fingerprint density at radius 2 is 1.81 bits per heavy atom. The van der Waals surface area contributed by atoms with Crippen molar-refractivity contribution in [3.63, 3.8) is 0 Å². The average molecular weight is 220 g/mol. The fraction of sp³-hybridized carbons (Fsp3) is 0.733. The van der Waals surface area contributed by atoms with Crippen molar-refractivity contribution in [1.29, 1.82) is 0 Å². The summed E-state index contributed by atoms with van der Waals surface area (Å²) < 4.78 is 5.85. The summed E-state index contributed by atoms with van der Waals surface area (Å²) in [6, 6.07) is 0. The zero-order valence-electron chi connectivity index (χ0n) is 10.9. The van der Waals surface area contributed by atoms with Gasteiger partial charge in [0.05, 0.1) is 11.7 Å². The van der Waals surface area contributed by atoms with Gasteiger partial charge in [0.2, 0.25) is 0 Å². The van der Waals surface area contributed by atoms with Crippen LogP contribution in [0, 0.1) is 0 Å². The summed E-state index contributed by atoms with van der Waals surface area (Å²) in [7, 11) is 0. The third kappa shape index (κ3) is 2.98. The highest BCUT2D eigenvalue weighted by atomic mass is 16.6. The Kier molecular flexibility index (Phi) is 3.53. The standard InChI is InChI=1S/C15H24O/c1-12-6-4-7-13(2)10-11-15(3)14(16-15)9-5-8-12/h7-8,14H,4-6,9-11H2,1-3H3/b12-8+,13-7-. The molecule has 1 aliphatic carbocycles. The number of allylic oxidation sites excluding steroid dienone is 4. The molecule has 2 atom stereocenters. The predicted octanol–water partition coefficient (Wildman–Crippen LogP) is 4.39. The van der Waals surface area contributed by atoms with Gasteiger partial charge >= 0.3 is 0 Å². The molecule has 0 aromatic heterocycles. The van der Waals surface area contributed by atoms with E-state index in [2.05, 4.69) is 32.9 Å². The lowest BCUT2D eigenvalue weighted by Gasteiger charge is -2.08. The largest absolute Gasteiger partial charge is 0.366 e. The fourth-order valence-electron chi connectivity index (χ4n) is 2.55. The molecule has 2 aliphatic rings. The first-order chi connectivity index (χ1) is 7.60. The van der Waals surface area contributed by atoms with Crippen molar-refractivity contribution in [2.24, 2.45) is 0 Å². The second kappa shape index (κ2) is 4.75. The van der Waals surface area contributed by atoms with E-state index in [-0.39, 0.29) is 5.60 Å². The van der Waals surface area contributed by atoms with Gasteiger partial charge in [0.25, 0.3) is 0 Å². The Labute approximate surface area is 99.6 Å². The third-order valence-corrected chi connectivity index (χ3v) is 4.00. The lowest BCUT2D eigenvalue weighted by Crippen LogP contribution is -2.10. The van der Waals surface area contributed by atoms with Crippen molar-refractivity contribution >= 4 is 0 Å². The number of hydrogen-bond donors (Lipinski definition) is 0. The monoisotopic (exact) mass is 220 g/mol. The molecule has 2 unspecified atom stereocenters. The first-order valence-electron chi connectivity index (χ1n) is 6.59. The maximum absolute atomic E-state index is 5.85. The summed E-state index contributed by atoms with van der Waals surface area (Å²) >= 11 is 0. The van der Waals surface area contributed by atoms with Crippen molar-refractivity contribution in [3.8, 4) is 0 Å². The summed E-state index contributed by atoms with van der Waals surface area (Å²) in [6.07, 6.45) is 12.5. The molecule has 1 heteroatoms. The van der Waals surface area contributed by atoms with Crippen LogP contribution in [0.25, 0.3) is 0 Å². The Morgan fingerprint density at radius 3 is 2.62 bits per heavy atom. The SMILES string of the molecule is C/C1=C/CC/C(C)=C/CCC2OC2(C)CC1. The van der Waals surface area contributed by atoms with Crippen molar-refractivity contribution in [3.05, 3.63) is 23.3 Å². The van der Waals surface area contributed by atoms with Crippen LogP contribution in [0.3, 0.4) is 0 Å². The Hall–Kier alpha value is -0.560. The van der Waals surface area contributed by atoms with E-state index in [1.54, 1.807) is 0 Å². The van der Waals surface area contributed by atoms with Gasteiger partial charge < -0.3 is 4.74 Å². The molecule has 0 aromatic carbocycles. The number of ether oxygens (including phenoxy) is 1. The van der Waals surface area contributed by atoms with E-state index >= 15 is 0 Å². The molecular formula is C15H24O. The number of hydrogen-bond acceptors (Lipinski definition) is 1. The molecule has 1 fully saturated rings. The van der Waals surface area contributed by atoms with Crippen LogP contribution in [0.15, 0.2) is 23.3 Å². The highest BCUT2D eigenvalue weighted by Gasteiger charge is 2.50. The molecule has 16 heavy (non-hydrogen) atoms. The van der Waals surface area contributed by atoms with Gasteiger partial charge in [0.1, 0.15) is 0 Å². The topological polar surface area (TPSA) is 12.5 Å². The lowest BCUT2D eigenvalue weighted by atomic mass is 9.94. The van der Waals surface area contributed by atoms with E-state index in [0.717, 1.165) is 0 Å². The molecule has 0 bridgehead atoms. The van der Waals surface area contributed by atoms with Gasteiger partial charge in [-0.1, -0.05) is 23.3 Å².